The number of alkyl halides is 1. The maximum absolute atomic E-state index is 11.9. The van der Waals surface area contributed by atoms with Crippen LogP contribution in [0.3, 0.4) is 0 Å². The molecule has 1 aromatic carbocycles. The Morgan fingerprint density at radius 2 is 2.12 bits per heavy atom. The van der Waals surface area contributed by atoms with Crippen LogP contribution in [0.4, 0.5) is 0 Å². The van der Waals surface area contributed by atoms with Crippen LogP contribution in [-0.4, -0.2) is 20.3 Å². The summed E-state index contributed by atoms with van der Waals surface area (Å²) in [6, 6.07) is 6.69. The van der Waals surface area contributed by atoms with Crippen molar-refractivity contribution in [2.45, 2.75) is 18.2 Å². The number of rotatable bonds is 6. The van der Waals surface area contributed by atoms with Crippen LogP contribution in [0, 0.1) is 5.92 Å². The summed E-state index contributed by atoms with van der Waals surface area (Å²) >= 11 is 6.60. The molecule has 0 saturated carbocycles. The van der Waals surface area contributed by atoms with Gasteiger partial charge in [-0.05, 0) is 30.5 Å². The van der Waals surface area contributed by atoms with E-state index in [1.54, 1.807) is 24.3 Å². The van der Waals surface area contributed by atoms with Crippen molar-refractivity contribution < 1.29 is 8.42 Å². The summed E-state index contributed by atoms with van der Waals surface area (Å²) in [5.41, 5.74) is 0. The molecule has 0 spiro atoms. The number of hydrogen-bond acceptors (Lipinski definition) is 2. The summed E-state index contributed by atoms with van der Waals surface area (Å²) < 4.78 is 27.3. The van der Waals surface area contributed by atoms with E-state index in [1.165, 1.54) is 0 Å². The molecular formula is C11H15Br2NO2S. The molecule has 96 valence electrons. The fraction of sp³-hybridized carbons (Fsp3) is 0.455. The molecule has 3 nitrogen and oxygen atoms in total. The van der Waals surface area contributed by atoms with Gasteiger partial charge in [0.25, 0.3) is 0 Å². The molecule has 1 rings (SSSR count). The van der Waals surface area contributed by atoms with Crippen LogP contribution >= 0.6 is 31.9 Å². The Labute approximate surface area is 119 Å². The molecule has 0 amide bonds. The molecule has 0 saturated heterocycles. The molecule has 0 aliphatic rings. The van der Waals surface area contributed by atoms with Gasteiger partial charge < -0.3 is 0 Å². The number of sulfonamides is 1. The molecule has 0 radical (unpaired) electrons. The zero-order valence-corrected chi connectivity index (χ0v) is 13.5. The maximum Gasteiger partial charge on any atom is 0.240 e. The molecule has 1 unspecified atom stereocenters. The number of hydrogen-bond donors (Lipinski definition) is 1. The third-order valence-corrected chi connectivity index (χ3v) is 4.70. The first-order valence-electron chi connectivity index (χ1n) is 5.27. The van der Waals surface area contributed by atoms with Crippen molar-refractivity contribution in [3.63, 3.8) is 0 Å². The van der Waals surface area contributed by atoms with Crippen molar-refractivity contribution in [2.24, 2.45) is 5.92 Å². The number of nitrogens with one attached hydrogen (secondary N) is 1. The first-order valence-corrected chi connectivity index (χ1v) is 8.66. The second kappa shape index (κ2) is 6.87. The minimum atomic E-state index is -3.39. The van der Waals surface area contributed by atoms with Crippen molar-refractivity contribution in [1.29, 1.82) is 0 Å². The van der Waals surface area contributed by atoms with E-state index >= 15 is 0 Å². The lowest BCUT2D eigenvalue weighted by Crippen LogP contribution is -2.28. The van der Waals surface area contributed by atoms with E-state index in [-0.39, 0.29) is 4.90 Å². The third-order valence-electron chi connectivity index (χ3n) is 2.33. The Bertz CT molecular complexity index is 462. The van der Waals surface area contributed by atoms with E-state index in [1.807, 2.05) is 6.92 Å². The number of benzene rings is 1. The van der Waals surface area contributed by atoms with Gasteiger partial charge in [-0.1, -0.05) is 44.8 Å². The highest BCUT2D eigenvalue weighted by molar-refractivity contribution is 9.10. The topological polar surface area (TPSA) is 46.2 Å². The lowest BCUT2D eigenvalue weighted by molar-refractivity contribution is 0.532. The van der Waals surface area contributed by atoms with E-state index in [9.17, 15) is 8.42 Å². The van der Waals surface area contributed by atoms with Crippen LogP contribution in [0.15, 0.2) is 33.6 Å². The number of halogens is 2. The molecule has 17 heavy (non-hydrogen) atoms. The Hall–Kier alpha value is 0.0900. The van der Waals surface area contributed by atoms with Crippen LogP contribution in [0.2, 0.25) is 0 Å². The summed E-state index contributed by atoms with van der Waals surface area (Å²) in [5, 5.41) is 0.882. The molecule has 0 aliphatic carbocycles. The van der Waals surface area contributed by atoms with Crippen LogP contribution in [0.5, 0.6) is 0 Å². The quantitative estimate of drug-likeness (QED) is 0.765. The minimum Gasteiger partial charge on any atom is -0.211 e. The van der Waals surface area contributed by atoms with Gasteiger partial charge in [-0.25, -0.2) is 13.1 Å². The highest BCUT2D eigenvalue weighted by Crippen LogP contribution is 2.16. The normalized spacial score (nSPS) is 13.6. The van der Waals surface area contributed by atoms with Gasteiger partial charge in [0, 0.05) is 16.3 Å². The average Bonchev–Trinajstić information content (AvgIpc) is 2.27. The Kier molecular flexibility index (Phi) is 6.12. The van der Waals surface area contributed by atoms with E-state index < -0.39 is 10.0 Å². The first kappa shape index (κ1) is 15.1. The molecule has 0 aliphatic heterocycles. The van der Waals surface area contributed by atoms with Gasteiger partial charge in [-0.3, -0.25) is 0 Å². The van der Waals surface area contributed by atoms with Gasteiger partial charge in [-0.2, -0.15) is 0 Å². The van der Waals surface area contributed by atoms with Crippen LogP contribution in [0.25, 0.3) is 0 Å². The molecule has 1 atom stereocenters. The van der Waals surface area contributed by atoms with Gasteiger partial charge in [-0.15, -0.1) is 0 Å². The lowest BCUT2D eigenvalue weighted by atomic mass is 10.1. The first-order chi connectivity index (χ1) is 7.95. The zero-order valence-electron chi connectivity index (χ0n) is 9.49. The summed E-state index contributed by atoms with van der Waals surface area (Å²) in [7, 11) is -3.39. The summed E-state index contributed by atoms with van der Waals surface area (Å²) in [6.07, 6.45) is 0.945. The van der Waals surface area contributed by atoms with Crippen LogP contribution < -0.4 is 4.72 Å². The predicted octanol–water partition coefficient (Wildman–Crippen LogP) is 3.15. The third kappa shape index (κ3) is 5.07. The minimum absolute atomic E-state index is 0.290. The summed E-state index contributed by atoms with van der Waals surface area (Å²) in [6.45, 7) is 2.48. The van der Waals surface area contributed by atoms with Crippen molar-refractivity contribution in [3.05, 3.63) is 28.7 Å². The Morgan fingerprint density at radius 3 is 2.71 bits per heavy atom. The van der Waals surface area contributed by atoms with Gasteiger partial charge in [0.15, 0.2) is 0 Å². The van der Waals surface area contributed by atoms with Crippen molar-refractivity contribution in [2.75, 3.05) is 11.9 Å². The fourth-order valence-corrected chi connectivity index (χ4v) is 3.80. The largest absolute Gasteiger partial charge is 0.240 e. The molecule has 6 heteroatoms. The summed E-state index contributed by atoms with van der Waals surface area (Å²) in [5.74, 6) is 0.316. The molecule has 0 fully saturated rings. The molecule has 1 N–H and O–H groups in total. The van der Waals surface area contributed by atoms with Crippen molar-refractivity contribution in [3.8, 4) is 0 Å². The highest BCUT2D eigenvalue weighted by Gasteiger charge is 2.14. The van der Waals surface area contributed by atoms with E-state index in [0.29, 0.717) is 12.5 Å². The van der Waals surface area contributed by atoms with Crippen LogP contribution in [0.1, 0.15) is 13.3 Å². The van der Waals surface area contributed by atoms with Crippen molar-refractivity contribution in [1.82, 2.24) is 4.72 Å². The van der Waals surface area contributed by atoms with E-state index in [0.717, 1.165) is 16.2 Å². The standard InChI is InChI=1S/C11H15Br2NO2S/c1-9(5-6-12)8-14-17(15,16)11-4-2-3-10(13)7-11/h2-4,7,9,14H,5-6,8H2,1H3. The van der Waals surface area contributed by atoms with Gasteiger partial charge in [0.2, 0.25) is 10.0 Å². The van der Waals surface area contributed by atoms with Gasteiger partial charge in [0.1, 0.15) is 0 Å². The van der Waals surface area contributed by atoms with Gasteiger partial charge >= 0.3 is 0 Å². The summed E-state index contributed by atoms with van der Waals surface area (Å²) in [4.78, 5) is 0.290. The molecule has 0 bridgehead atoms. The maximum atomic E-state index is 11.9. The lowest BCUT2D eigenvalue weighted by Gasteiger charge is -2.11. The van der Waals surface area contributed by atoms with Gasteiger partial charge in [0.05, 0.1) is 4.90 Å². The monoisotopic (exact) mass is 383 g/mol. The zero-order chi connectivity index (χ0) is 12.9. The van der Waals surface area contributed by atoms with E-state index in [4.69, 9.17) is 0 Å². The van der Waals surface area contributed by atoms with Crippen molar-refractivity contribution >= 4 is 41.9 Å². The van der Waals surface area contributed by atoms with E-state index in [2.05, 4.69) is 36.6 Å². The molecule has 0 heterocycles. The highest BCUT2D eigenvalue weighted by atomic mass is 79.9. The Morgan fingerprint density at radius 1 is 1.41 bits per heavy atom. The predicted molar refractivity (Wildman–Crippen MR) is 76.9 cm³/mol. The second-order valence-corrected chi connectivity index (χ2v) is 7.37. The molecular weight excluding hydrogens is 370 g/mol. The second-order valence-electron chi connectivity index (χ2n) is 3.89. The molecule has 1 aromatic rings. The smallest absolute Gasteiger partial charge is 0.211 e. The fourth-order valence-electron chi connectivity index (χ4n) is 1.26. The van der Waals surface area contributed by atoms with Crippen LogP contribution in [-0.2, 0) is 10.0 Å². The average molecular weight is 385 g/mol. The molecule has 0 aromatic heterocycles. The SMILES string of the molecule is CC(CCBr)CNS(=O)(=O)c1cccc(Br)c1. The Balaban J connectivity index is 2.69.